The van der Waals surface area contributed by atoms with Gasteiger partial charge in [-0.3, -0.25) is 4.79 Å². The summed E-state index contributed by atoms with van der Waals surface area (Å²) >= 11 is 0. The third-order valence-corrected chi connectivity index (χ3v) is 5.00. The van der Waals surface area contributed by atoms with E-state index in [1.165, 1.54) is 24.5 Å². The van der Waals surface area contributed by atoms with Crippen LogP contribution in [0.3, 0.4) is 0 Å². The van der Waals surface area contributed by atoms with Crippen molar-refractivity contribution in [2.45, 2.75) is 59.5 Å². The molecule has 0 aromatic carbocycles. The highest BCUT2D eigenvalue weighted by Crippen LogP contribution is 2.56. The van der Waals surface area contributed by atoms with Crippen LogP contribution < -0.4 is 0 Å². The molecule has 0 aromatic rings. The molecular weight excluding hydrogens is 236 g/mol. The van der Waals surface area contributed by atoms with Crippen molar-refractivity contribution in [3.05, 3.63) is 23.8 Å². The van der Waals surface area contributed by atoms with Crippen LogP contribution in [0.5, 0.6) is 0 Å². The van der Waals surface area contributed by atoms with Gasteiger partial charge in [-0.2, -0.15) is 0 Å². The summed E-state index contributed by atoms with van der Waals surface area (Å²) in [4.78, 5) is 11.2. The summed E-state index contributed by atoms with van der Waals surface area (Å²) in [7, 11) is 0. The fourth-order valence-electron chi connectivity index (χ4n) is 3.68. The van der Waals surface area contributed by atoms with Crippen LogP contribution in [0.25, 0.3) is 0 Å². The highest BCUT2D eigenvalue weighted by atomic mass is 16.5. The molecule has 0 heterocycles. The molecule has 0 amide bonds. The molecule has 2 aliphatic carbocycles. The molecule has 106 valence electrons. The van der Waals surface area contributed by atoms with Crippen molar-refractivity contribution in [3.8, 4) is 0 Å². The second-order valence-corrected chi connectivity index (χ2v) is 6.88. The van der Waals surface area contributed by atoms with E-state index < -0.39 is 0 Å². The molecule has 0 bridgehead atoms. The highest BCUT2D eigenvalue weighted by Gasteiger charge is 2.47. The molecule has 3 atom stereocenters. The molecule has 0 saturated heterocycles. The maximum Gasteiger partial charge on any atom is 0.303 e. The summed E-state index contributed by atoms with van der Waals surface area (Å²) in [5.41, 5.74) is 2.97. The van der Waals surface area contributed by atoms with E-state index >= 15 is 0 Å². The summed E-state index contributed by atoms with van der Waals surface area (Å²) in [6.07, 6.45) is 6.41. The largest absolute Gasteiger partial charge is 0.458 e. The van der Waals surface area contributed by atoms with E-state index in [0.29, 0.717) is 17.3 Å². The fraction of sp³-hybridized carbons (Fsp3) is 0.706. The Bertz CT molecular complexity index is 417. The van der Waals surface area contributed by atoms with Gasteiger partial charge in [0, 0.05) is 6.92 Å². The number of fused-ring (bicyclic) bond motifs is 1. The lowest BCUT2D eigenvalue weighted by molar-refractivity contribution is -0.144. The quantitative estimate of drug-likeness (QED) is 0.521. The molecule has 0 unspecified atom stereocenters. The van der Waals surface area contributed by atoms with E-state index in [1.807, 2.05) is 0 Å². The van der Waals surface area contributed by atoms with Crippen LogP contribution in [-0.4, -0.2) is 12.1 Å². The zero-order chi connectivity index (χ0) is 14.2. The van der Waals surface area contributed by atoms with Crippen molar-refractivity contribution in [2.24, 2.45) is 17.3 Å². The van der Waals surface area contributed by atoms with Gasteiger partial charge in [-0.1, -0.05) is 32.1 Å². The maximum atomic E-state index is 11.2. The average Bonchev–Trinajstić information content (AvgIpc) is 2.33. The van der Waals surface area contributed by atoms with Gasteiger partial charge in [0.25, 0.3) is 0 Å². The molecule has 0 spiro atoms. The van der Waals surface area contributed by atoms with Crippen LogP contribution in [0.15, 0.2) is 23.8 Å². The minimum atomic E-state index is -0.189. The number of hydrogen-bond acceptors (Lipinski definition) is 2. The van der Waals surface area contributed by atoms with Gasteiger partial charge in [-0.25, -0.2) is 0 Å². The van der Waals surface area contributed by atoms with Gasteiger partial charge >= 0.3 is 5.97 Å². The van der Waals surface area contributed by atoms with Crippen molar-refractivity contribution in [2.75, 3.05) is 0 Å². The number of ether oxygens (including phenoxy) is 1. The number of carbonyl (C=O) groups excluding carboxylic acids is 1. The summed E-state index contributed by atoms with van der Waals surface area (Å²) in [5.74, 6) is 1.17. The predicted molar refractivity (Wildman–Crippen MR) is 77.7 cm³/mol. The Labute approximate surface area is 116 Å². The van der Waals surface area contributed by atoms with Crippen LogP contribution in [0.4, 0.5) is 0 Å². The SMILES string of the molecule is C=C1CC[C@@H](OC(C)=O)C(C)=CC[C@@H]2[C@@H]1CC2(C)C. The number of hydrogen-bond donors (Lipinski definition) is 0. The van der Waals surface area contributed by atoms with Crippen molar-refractivity contribution in [3.63, 3.8) is 0 Å². The summed E-state index contributed by atoms with van der Waals surface area (Å²) in [6.45, 7) is 12.6. The summed E-state index contributed by atoms with van der Waals surface area (Å²) < 4.78 is 5.44. The Balaban J connectivity index is 2.16. The van der Waals surface area contributed by atoms with Crippen LogP contribution in [0.2, 0.25) is 0 Å². The molecule has 1 fully saturated rings. The minimum Gasteiger partial charge on any atom is -0.458 e. The van der Waals surface area contributed by atoms with E-state index in [-0.39, 0.29) is 12.1 Å². The summed E-state index contributed by atoms with van der Waals surface area (Å²) in [5, 5.41) is 0. The van der Waals surface area contributed by atoms with Crippen LogP contribution in [0, 0.1) is 17.3 Å². The molecule has 2 rings (SSSR count). The molecule has 2 aliphatic rings. The Kier molecular flexibility index (Phi) is 3.89. The Hall–Kier alpha value is -1.05. The van der Waals surface area contributed by atoms with Gasteiger partial charge in [-0.05, 0) is 55.4 Å². The Morgan fingerprint density at radius 2 is 2.16 bits per heavy atom. The van der Waals surface area contributed by atoms with Gasteiger partial charge in [-0.15, -0.1) is 0 Å². The van der Waals surface area contributed by atoms with Gasteiger partial charge in [0.1, 0.15) is 6.10 Å². The van der Waals surface area contributed by atoms with Crippen LogP contribution in [0.1, 0.15) is 53.4 Å². The van der Waals surface area contributed by atoms with Crippen molar-refractivity contribution < 1.29 is 9.53 Å². The zero-order valence-corrected chi connectivity index (χ0v) is 12.7. The first kappa shape index (κ1) is 14.4. The molecule has 0 N–H and O–H groups in total. The van der Waals surface area contributed by atoms with Crippen LogP contribution in [-0.2, 0) is 9.53 Å². The number of esters is 1. The third kappa shape index (κ3) is 2.93. The third-order valence-electron chi connectivity index (χ3n) is 5.00. The smallest absolute Gasteiger partial charge is 0.303 e. The zero-order valence-electron chi connectivity index (χ0n) is 12.7. The molecular formula is C17H26O2. The van der Waals surface area contributed by atoms with Gasteiger partial charge in [0.2, 0.25) is 0 Å². The number of carbonyl (C=O) groups is 1. The first-order valence-electron chi connectivity index (χ1n) is 7.33. The summed E-state index contributed by atoms with van der Waals surface area (Å²) in [6, 6.07) is 0. The van der Waals surface area contributed by atoms with Gasteiger partial charge < -0.3 is 4.74 Å². The van der Waals surface area contributed by atoms with Crippen molar-refractivity contribution in [1.29, 1.82) is 0 Å². The normalized spacial score (nSPS) is 34.0. The van der Waals surface area contributed by atoms with Gasteiger partial charge in [0.05, 0.1) is 0 Å². The monoisotopic (exact) mass is 262 g/mol. The van der Waals surface area contributed by atoms with Crippen LogP contribution >= 0.6 is 0 Å². The molecule has 2 heteroatoms. The van der Waals surface area contributed by atoms with Crippen molar-refractivity contribution in [1.82, 2.24) is 0 Å². The van der Waals surface area contributed by atoms with E-state index in [9.17, 15) is 4.79 Å². The van der Waals surface area contributed by atoms with Crippen molar-refractivity contribution >= 4 is 5.97 Å². The second-order valence-electron chi connectivity index (χ2n) is 6.88. The van der Waals surface area contributed by atoms with Gasteiger partial charge in [0.15, 0.2) is 0 Å². The first-order chi connectivity index (χ1) is 8.81. The molecule has 1 saturated carbocycles. The second kappa shape index (κ2) is 5.15. The molecule has 19 heavy (non-hydrogen) atoms. The van der Waals surface area contributed by atoms with E-state index in [0.717, 1.165) is 19.3 Å². The first-order valence-corrected chi connectivity index (χ1v) is 7.33. The van der Waals surface area contributed by atoms with E-state index in [4.69, 9.17) is 4.74 Å². The topological polar surface area (TPSA) is 26.3 Å². The fourth-order valence-corrected chi connectivity index (χ4v) is 3.68. The highest BCUT2D eigenvalue weighted by molar-refractivity contribution is 5.66. The standard InChI is InChI=1S/C17H26O2/c1-11-7-9-16(19-13(3)18)12(2)6-8-15-14(11)10-17(15,4)5/h6,14-16H,1,7-10H2,2-5H3/t14-,15-,16-/m1/s1. The Morgan fingerprint density at radius 1 is 1.47 bits per heavy atom. The Morgan fingerprint density at radius 3 is 2.74 bits per heavy atom. The number of allylic oxidation sites excluding steroid dienone is 2. The number of rotatable bonds is 1. The molecule has 0 aromatic heterocycles. The molecule has 0 aliphatic heterocycles. The molecule has 2 nitrogen and oxygen atoms in total. The maximum absolute atomic E-state index is 11.2. The lowest BCUT2D eigenvalue weighted by Gasteiger charge is -2.52. The van der Waals surface area contributed by atoms with E-state index in [1.54, 1.807) is 0 Å². The predicted octanol–water partition coefficient (Wildman–Crippen LogP) is 4.27. The lowest BCUT2D eigenvalue weighted by Crippen LogP contribution is -2.44. The average molecular weight is 262 g/mol. The minimum absolute atomic E-state index is 0.0603. The van der Waals surface area contributed by atoms with E-state index in [2.05, 4.69) is 33.4 Å². The molecule has 0 radical (unpaired) electrons. The lowest BCUT2D eigenvalue weighted by atomic mass is 9.52.